The summed E-state index contributed by atoms with van der Waals surface area (Å²) in [6, 6.07) is 12.4. The Labute approximate surface area is 114 Å². The van der Waals surface area contributed by atoms with Gasteiger partial charge in [0.15, 0.2) is 5.75 Å². The van der Waals surface area contributed by atoms with E-state index in [0.717, 1.165) is 17.4 Å². The smallest absolute Gasteiger partial charge is 0.215 e. The van der Waals surface area contributed by atoms with E-state index in [1.54, 1.807) is 24.3 Å². The summed E-state index contributed by atoms with van der Waals surface area (Å²) in [5.41, 5.74) is 2.40. The van der Waals surface area contributed by atoms with Crippen molar-refractivity contribution in [2.45, 2.75) is 4.90 Å². The van der Waals surface area contributed by atoms with Crippen LogP contribution in [0.4, 0.5) is 0 Å². The molecule has 1 unspecified atom stereocenters. The molecule has 0 amide bonds. The van der Waals surface area contributed by atoms with E-state index in [2.05, 4.69) is 0 Å². The summed E-state index contributed by atoms with van der Waals surface area (Å²) in [6.45, 7) is 0. The molecule has 0 aliphatic carbocycles. The number of methoxy groups -OCH3 is 1. The molecule has 2 aromatic carbocycles. The van der Waals surface area contributed by atoms with Crippen molar-refractivity contribution in [2.24, 2.45) is 5.14 Å². The van der Waals surface area contributed by atoms with Crippen molar-refractivity contribution in [1.29, 1.82) is 0 Å². The van der Waals surface area contributed by atoms with Crippen LogP contribution in [-0.4, -0.2) is 17.9 Å². The second-order valence-electron chi connectivity index (χ2n) is 3.90. The summed E-state index contributed by atoms with van der Waals surface area (Å²) in [5, 5.41) is 5.43. The maximum Gasteiger partial charge on any atom is 0.215 e. The minimum absolute atomic E-state index is 0.444. The Morgan fingerprint density at radius 2 is 1.79 bits per heavy atom. The van der Waals surface area contributed by atoms with Crippen molar-refractivity contribution in [3.8, 4) is 16.9 Å². The first-order chi connectivity index (χ1) is 9.15. The quantitative estimate of drug-likeness (QED) is 0.685. The predicted molar refractivity (Wildman–Crippen MR) is 74.4 cm³/mol. The maximum atomic E-state index is 11.5. The monoisotopic (exact) mass is 275 g/mol. The minimum Gasteiger partial charge on any atom is -0.593 e. The molecule has 0 aliphatic heterocycles. The van der Waals surface area contributed by atoms with Crippen molar-refractivity contribution in [1.82, 2.24) is 0 Å². The van der Waals surface area contributed by atoms with Crippen LogP contribution in [0.3, 0.4) is 0 Å². The first-order valence-corrected chi connectivity index (χ1v) is 6.77. The van der Waals surface area contributed by atoms with Gasteiger partial charge in [-0.2, -0.15) is 0 Å². The molecule has 0 spiro atoms. The highest BCUT2D eigenvalue weighted by Crippen LogP contribution is 2.29. The molecule has 0 fully saturated rings. The highest BCUT2D eigenvalue weighted by molar-refractivity contribution is 7.89. The zero-order valence-electron chi connectivity index (χ0n) is 10.3. The summed E-state index contributed by atoms with van der Waals surface area (Å²) < 4.78 is 16.6. The zero-order chi connectivity index (χ0) is 13.8. The van der Waals surface area contributed by atoms with Gasteiger partial charge in [0, 0.05) is 11.6 Å². The number of carbonyl (C=O) groups excluding carboxylic acids is 1. The van der Waals surface area contributed by atoms with Gasteiger partial charge >= 0.3 is 0 Å². The third-order valence-corrected chi connectivity index (χ3v) is 3.51. The van der Waals surface area contributed by atoms with Gasteiger partial charge in [-0.15, -0.1) is 5.14 Å². The number of nitrogens with two attached hydrogens (primary N) is 1. The molecular formula is C14H13NO3S. The fourth-order valence-electron chi connectivity index (χ4n) is 1.77. The normalized spacial score (nSPS) is 11.9. The van der Waals surface area contributed by atoms with Crippen molar-refractivity contribution >= 4 is 17.6 Å². The zero-order valence-corrected chi connectivity index (χ0v) is 11.1. The molecule has 0 bridgehead atoms. The van der Waals surface area contributed by atoms with Gasteiger partial charge in [0.05, 0.1) is 18.5 Å². The Balaban J connectivity index is 2.44. The molecule has 5 heteroatoms. The largest absolute Gasteiger partial charge is 0.593 e. The summed E-state index contributed by atoms with van der Waals surface area (Å²) in [7, 11) is 1.50. The van der Waals surface area contributed by atoms with Crippen molar-refractivity contribution in [3.05, 3.63) is 48.0 Å². The molecule has 0 aromatic heterocycles. The molecule has 0 heterocycles. The van der Waals surface area contributed by atoms with Gasteiger partial charge in [0.1, 0.15) is 6.29 Å². The lowest BCUT2D eigenvalue weighted by molar-refractivity contribution is 0.112. The van der Waals surface area contributed by atoms with E-state index in [-0.39, 0.29) is 0 Å². The van der Waals surface area contributed by atoms with Gasteiger partial charge in [-0.3, -0.25) is 4.79 Å². The second kappa shape index (κ2) is 5.88. The van der Waals surface area contributed by atoms with Crippen LogP contribution in [0.15, 0.2) is 47.4 Å². The molecular weight excluding hydrogens is 262 g/mol. The predicted octanol–water partition coefficient (Wildman–Crippen LogP) is 2.16. The number of ether oxygens (including phenoxy) is 1. The summed E-state index contributed by atoms with van der Waals surface area (Å²) in [5.74, 6) is 0.495. The number of aldehydes is 1. The van der Waals surface area contributed by atoms with Crippen molar-refractivity contribution in [2.75, 3.05) is 7.11 Å². The van der Waals surface area contributed by atoms with Crippen LogP contribution < -0.4 is 9.88 Å². The lowest BCUT2D eigenvalue weighted by Gasteiger charge is -2.10. The lowest BCUT2D eigenvalue weighted by Crippen LogP contribution is -2.13. The van der Waals surface area contributed by atoms with Crippen LogP contribution in [0.2, 0.25) is 0 Å². The molecule has 0 saturated carbocycles. The van der Waals surface area contributed by atoms with E-state index in [4.69, 9.17) is 9.88 Å². The second-order valence-corrected chi connectivity index (χ2v) is 4.94. The van der Waals surface area contributed by atoms with Gasteiger partial charge < -0.3 is 9.29 Å². The third-order valence-electron chi connectivity index (χ3n) is 2.76. The fraction of sp³-hybridized carbons (Fsp3) is 0.0714. The molecule has 98 valence electrons. The lowest BCUT2D eigenvalue weighted by atomic mass is 10.0. The average molecular weight is 275 g/mol. The number of hydrogen-bond donors (Lipinski definition) is 1. The summed E-state index contributed by atoms with van der Waals surface area (Å²) in [6.07, 6.45) is 0.790. The molecule has 0 saturated heterocycles. The Morgan fingerprint density at radius 1 is 1.16 bits per heavy atom. The number of benzene rings is 2. The highest BCUT2D eigenvalue weighted by Gasteiger charge is 2.15. The van der Waals surface area contributed by atoms with Crippen molar-refractivity contribution in [3.63, 3.8) is 0 Å². The Hall–Kier alpha value is -1.82. The van der Waals surface area contributed by atoms with E-state index in [1.807, 2.05) is 18.2 Å². The fourth-order valence-corrected chi connectivity index (χ4v) is 2.36. The standard InChI is InChI=1S/C14H13NO3S/c1-18-13-7-6-12(8-14(13)19(15)17)11-4-2-10(9-16)3-5-11/h2-9H,15H2,1H3. The van der Waals surface area contributed by atoms with Gasteiger partial charge in [0.2, 0.25) is 4.90 Å². The number of rotatable bonds is 4. The average Bonchev–Trinajstić information content (AvgIpc) is 2.46. The third kappa shape index (κ3) is 2.96. The van der Waals surface area contributed by atoms with Gasteiger partial charge in [-0.25, -0.2) is 0 Å². The first kappa shape index (κ1) is 13.6. The van der Waals surface area contributed by atoms with Crippen LogP contribution >= 0.6 is 0 Å². The molecule has 0 radical (unpaired) electrons. The van der Waals surface area contributed by atoms with E-state index in [9.17, 15) is 9.35 Å². The number of hydrogen-bond acceptors (Lipinski definition) is 4. The van der Waals surface area contributed by atoms with Crippen LogP contribution in [0.25, 0.3) is 11.1 Å². The summed E-state index contributed by atoms with van der Waals surface area (Å²) in [4.78, 5) is 11.1. The Kier molecular flexibility index (Phi) is 4.21. The Morgan fingerprint density at radius 3 is 2.32 bits per heavy atom. The van der Waals surface area contributed by atoms with Crippen LogP contribution in [0.5, 0.6) is 5.75 Å². The van der Waals surface area contributed by atoms with Gasteiger partial charge in [-0.1, -0.05) is 30.3 Å². The number of carbonyl (C=O) groups is 1. The van der Waals surface area contributed by atoms with Crippen LogP contribution in [0.1, 0.15) is 10.4 Å². The summed E-state index contributed by atoms with van der Waals surface area (Å²) >= 11 is -1.61. The highest BCUT2D eigenvalue weighted by atomic mass is 32.2. The van der Waals surface area contributed by atoms with E-state index >= 15 is 0 Å². The molecule has 2 rings (SSSR count). The SMILES string of the molecule is COc1ccc(-c2ccc(C=O)cc2)cc1[S+](N)[O-]. The van der Waals surface area contributed by atoms with Crippen molar-refractivity contribution < 1.29 is 14.1 Å². The molecule has 2 aromatic rings. The minimum atomic E-state index is -1.61. The first-order valence-electron chi connectivity index (χ1n) is 5.55. The van der Waals surface area contributed by atoms with E-state index < -0.39 is 11.4 Å². The van der Waals surface area contributed by atoms with Gasteiger partial charge in [-0.05, 0) is 17.2 Å². The maximum absolute atomic E-state index is 11.5. The van der Waals surface area contributed by atoms with Crippen LogP contribution in [-0.2, 0) is 11.4 Å². The van der Waals surface area contributed by atoms with Gasteiger partial charge in [0.25, 0.3) is 0 Å². The topological polar surface area (TPSA) is 75.4 Å². The molecule has 4 nitrogen and oxygen atoms in total. The molecule has 1 atom stereocenters. The van der Waals surface area contributed by atoms with E-state index in [1.165, 1.54) is 7.11 Å². The molecule has 2 N–H and O–H groups in total. The van der Waals surface area contributed by atoms with Crippen LogP contribution in [0, 0.1) is 0 Å². The Bertz CT molecular complexity index is 582. The molecule has 19 heavy (non-hydrogen) atoms. The molecule has 0 aliphatic rings. The van der Waals surface area contributed by atoms with E-state index in [0.29, 0.717) is 16.2 Å².